The molecular weight excluding hydrogens is 546 g/mol. The summed E-state index contributed by atoms with van der Waals surface area (Å²) in [5, 5.41) is 10.2. The smallest absolute Gasteiger partial charge is 0.340 e. The highest BCUT2D eigenvalue weighted by molar-refractivity contribution is 9.10. The van der Waals surface area contributed by atoms with E-state index < -0.39 is 26.3 Å². The number of hydrogen-bond acceptors (Lipinski definition) is 7. The Labute approximate surface area is 215 Å². The molecule has 0 saturated heterocycles. The fourth-order valence-corrected chi connectivity index (χ4v) is 6.91. The second-order valence-electron chi connectivity index (χ2n) is 8.43. The molecule has 1 unspecified atom stereocenters. The van der Waals surface area contributed by atoms with Crippen molar-refractivity contribution < 1.29 is 22.1 Å². The molecule has 0 bridgehead atoms. The number of fused-ring (bicyclic) bond motifs is 5. The molecule has 6 rings (SSSR count). The van der Waals surface area contributed by atoms with E-state index in [0.29, 0.717) is 21.3 Å². The highest BCUT2D eigenvalue weighted by atomic mass is 79.9. The van der Waals surface area contributed by atoms with Crippen molar-refractivity contribution in [3.05, 3.63) is 110 Å². The summed E-state index contributed by atoms with van der Waals surface area (Å²) in [6, 6.07) is 22.7. The molecular formula is C26H16BrN3O5S. The summed E-state index contributed by atoms with van der Waals surface area (Å²) in [7, 11) is -4.59. The minimum atomic E-state index is -4.59. The van der Waals surface area contributed by atoms with Gasteiger partial charge in [-0.05, 0) is 35.9 Å². The van der Waals surface area contributed by atoms with Crippen LogP contribution in [-0.2, 0) is 31.6 Å². The van der Waals surface area contributed by atoms with Crippen molar-refractivity contribution in [2.45, 2.75) is 12.0 Å². The van der Waals surface area contributed by atoms with E-state index >= 15 is 0 Å². The van der Waals surface area contributed by atoms with Gasteiger partial charge in [-0.15, -0.1) is 0 Å². The molecule has 3 aliphatic heterocycles. The molecule has 1 spiro atoms. The molecule has 0 aliphatic carbocycles. The largest absolute Gasteiger partial charge is 0.438 e. The molecule has 3 heterocycles. The normalized spacial score (nSPS) is 21.3. The third kappa shape index (κ3) is 2.90. The molecule has 3 aliphatic rings. The van der Waals surface area contributed by atoms with E-state index in [9.17, 15) is 18.5 Å². The number of rotatable bonds is 2. The van der Waals surface area contributed by atoms with Crippen LogP contribution in [0.4, 0.5) is 5.69 Å². The van der Waals surface area contributed by atoms with Crippen LogP contribution in [0.15, 0.2) is 93.6 Å². The molecule has 0 aromatic heterocycles. The maximum absolute atomic E-state index is 14.5. The number of benzene rings is 3. The number of anilines is 1. The molecule has 3 aromatic carbocycles. The maximum atomic E-state index is 14.5. The number of hydrogen-bond donors (Lipinski definition) is 1. The lowest BCUT2D eigenvalue weighted by Gasteiger charge is -2.37. The van der Waals surface area contributed by atoms with Gasteiger partial charge in [0.1, 0.15) is 11.6 Å². The van der Waals surface area contributed by atoms with Crippen molar-refractivity contribution >= 4 is 43.4 Å². The number of nitrogens with two attached hydrogens (primary N) is 1. The van der Waals surface area contributed by atoms with E-state index in [4.69, 9.17) is 14.7 Å². The number of amides is 1. The lowest BCUT2D eigenvalue weighted by Crippen LogP contribution is -2.49. The molecule has 0 radical (unpaired) electrons. The second kappa shape index (κ2) is 7.71. The number of nitriles is 1. The lowest BCUT2D eigenvalue weighted by atomic mass is 9.73. The quantitative estimate of drug-likeness (QED) is 0.468. The highest BCUT2D eigenvalue weighted by Gasteiger charge is 2.65. The molecule has 8 nitrogen and oxygen atoms in total. The molecule has 2 N–H and O–H groups in total. The van der Waals surface area contributed by atoms with Gasteiger partial charge < -0.3 is 19.6 Å². The van der Waals surface area contributed by atoms with Crippen molar-refractivity contribution in [3.63, 3.8) is 0 Å². The topological polar surface area (TPSA) is 123 Å². The summed E-state index contributed by atoms with van der Waals surface area (Å²) in [6.07, 6.45) is 0. The Bertz CT molecular complexity index is 1690. The van der Waals surface area contributed by atoms with Gasteiger partial charge in [-0.2, -0.15) is 13.7 Å². The first-order chi connectivity index (χ1) is 17.3. The second-order valence-corrected chi connectivity index (χ2v) is 10.8. The zero-order valence-electron chi connectivity index (χ0n) is 18.4. The average molecular weight is 562 g/mol. The van der Waals surface area contributed by atoms with Crippen LogP contribution in [0.25, 0.3) is 5.76 Å². The van der Waals surface area contributed by atoms with Gasteiger partial charge >= 0.3 is 10.1 Å². The number of ether oxygens (including phenoxy) is 1. The first-order valence-corrected chi connectivity index (χ1v) is 13.0. The Hall–Kier alpha value is -4.07. The monoisotopic (exact) mass is 561 g/mol. The highest BCUT2D eigenvalue weighted by Crippen LogP contribution is 2.59. The van der Waals surface area contributed by atoms with Gasteiger partial charge in [0.25, 0.3) is 0 Å². The van der Waals surface area contributed by atoms with Gasteiger partial charge in [0.05, 0.1) is 12.1 Å². The summed E-state index contributed by atoms with van der Waals surface area (Å²) in [5.74, 6) is -1.07. The van der Waals surface area contributed by atoms with Crippen molar-refractivity contribution in [2.75, 3.05) is 4.90 Å². The van der Waals surface area contributed by atoms with Crippen LogP contribution in [0.5, 0.6) is 5.75 Å². The molecule has 1 amide bonds. The van der Waals surface area contributed by atoms with Crippen LogP contribution in [0.3, 0.4) is 0 Å². The fraction of sp³-hybridized carbons (Fsp3) is 0.0769. The third-order valence-corrected chi connectivity index (χ3v) is 8.36. The summed E-state index contributed by atoms with van der Waals surface area (Å²) in [4.78, 5) is 15.5. The summed E-state index contributed by atoms with van der Waals surface area (Å²) < 4.78 is 39.2. The van der Waals surface area contributed by atoms with Crippen LogP contribution in [0.2, 0.25) is 0 Å². The predicted molar refractivity (Wildman–Crippen MR) is 134 cm³/mol. The van der Waals surface area contributed by atoms with Crippen LogP contribution < -0.4 is 14.8 Å². The van der Waals surface area contributed by atoms with E-state index in [1.54, 1.807) is 36.4 Å². The van der Waals surface area contributed by atoms with Crippen molar-refractivity contribution in [1.82, 2.24) is 0 Å². The van der Waals surface area contributed by atoms with Crippen molar-refractivity contribution in [1.29, 1.82) is 5.26 Å². The summed E-state index contributed by atoms with van der Waals surface area (Å²) >= 11 is 3.43. The average Bonchev–Trinajstić information content (AvgIpc) is 3.07. The van der Waals surface area contributed by atoms with E-state index in [1.807, 2.05) is 36.4 Å². The molecule has 36 heavy (non-hydrogen) atoms. The minimum Gasteiger partial charge on any atom is -0.438 e. The van der Waals surface area contributed by atoms with E-state index in [2.05, 4.69) is 15.9 Å². The van der Waals surface area contributed by atoms with Crippen LogP contribution in [0.1, 0.15) is 16.7 Å². The summed E-state index contributed by atoms with van der Waals surface area (Å²) in [6.45, 7) is 0.148. The molecule has 10 heteroatoms. The Morgan fingerprint density at radius 3 is 2.53 bits per heavy atom. The van der Waals surface area contributed by atoms with E-state index in [0.717, 1.165) is 5.56 Å². The third-order valence-electron chi connectivity index (χ3n) is 6.48. The van der Waals surface area contributed by atoms with Crippen LogP contribution in [-0.4, -0.2) is 14.3 Å². The van der Waals surface area contributed by atoms with Gasteiger partial charge in [0, 0.05) is 15.7 Å². The van der Waals surface area contributed by atoms with Crippen molar-refractivity contribution in [3.8, 4) is 11.8 Å². The predicted octanol–water partition coefficient (Wildman–Crippen LogP) is 4.05. The number of para-hydroxylation sites is 1. The Balaban J connectivity index is 1.72. The van der Waals surface area contributed by atoms with Gasteiger partial charge in [0.15, 0.2) is 21.8 Å². The van der Waals surface area contributed by atoms with Gasteiger partial charge in [-0.3, -0.25) is 4.79 Å². The summed E-state index contributed by atoms with van der Waals surface area (Å²) in [5.41, 5.74) is 5.71. The molecule has 0 saturated carbocycles. The number of halogens is 1. The maximum Gasteiger partial charge on any atom is 0.340 e. The fourth-order valence-electron chi connectivity index (χ4n) is 5.04. The molecule has 1 atom stereocenters. The zero-order chi connectivity index (χ0) is 25.2. The molecule has 0 fully saturated rings. The van der Waals surface area contributed by atoms with E-state index in [-0.39, 0.29) is 29.5 Å². The molecule has 178 valence electrons. The number of nitrogens with zero attached hydrogens (tertiary/aromatic N) is 2. The molecule has 3 aromatic rings. The SMILES string of the molecule is N#CC1=C(N)OC2=C(C13C(=O)N(Cc1ccccc1)c1ccc(Br)cc13)S(=O)(=O)Oc1ccccc12. The minimum absolute atomic E-state index is 0.0423. The Kier molecular flexibility index (Phi) is 4.80. The first kappa shape index (κ1) is 22.4. The Morgan fingerprint density at radius 1 is 1.06 bits per heavy atom. The Morgan fingerprint density at radius 2 is 1.78 bits per heavy atom. The first-order valence-electron chi connectivity index (χ1n) is 10.8. The lowest BCUT2D eigenvalue weighted by molar-refractivity contribution is -0.121. The number of carbonyl (C=O) groups excluding carboxylic acids is 1. The van der Waals surface area contributed by atoms with Crippen LogP contribution in [0, 0.1) is 11.3 Å². The van der Waals surface area contributed by atoms with Gasteiger partial charge in [-0.25, -0.2) is 0 Å². The standard InChI is InChI=1S/C26H16BrN3O5S/c27-16-10-11-20-18(12-16)26(25(31)30(20)14-15-6-2-1-3-7-15)19(13-28)24(29)34-22-17-8-4-5-9-21(17)35-36(32,33)23(22)26/h1-12H,14,29H2. The van der Waals surface area contributed by atoms with Crippen molar-refractivity contribution in [2.24, 2.45) is 5.73 Å². The number of carbonyl (C=O) groups is 1. The van der Waals surface area contributed by atoms with Gasteiger partial charge in [-0.1, -0.05) is 58.4 Å². The van der Waals surface area contributed by atoms with Gasteiger partial charge in [0.2, 0.25) is 11.8 Å². The van der Waals surface area contributed by atoms with Crippen LogP contribution >= 0.6 is 15.9 Å². The van der Waals surface area contributed by atoms with E-state index in [1.165, 1.54) is 11.0 Å². The zero-order valence-corrected chi connectivity index (χ0v) is 20.8.